The van der Waals surface area contributed by atoms with Crippen LogP contribution in [0.5, 0.6) is 0 Å². The Kier molecular flexibility index (Phi) is 6.08. The molecule has 7 nitrogen and oxygen atoms in total. The van der Waals surface area contributed by atoms with Crippen molar-refractivity contribution < 1.29 is 23.1 Å². The number of nitrogens with zero attached hydrogens (tertiary/aromatic N) is 4. The molecule has 0 bridgehead atoms. The molecule has 10 heteroatoms. The lowest BCUT2D eigenvalue weighted by Gasteiger charge is -2.15. The number of benzene rings is 2. The predicted molar refractivity (Wildman–Crippen MR) is 132 cm³/mol. The molecule has 0 spiro atoms. The average Bonchev–Trinajstić information content (AvgIpc) is 3.28. The van der Waals surface area contributed by atoms with Gasteiger partial charge >= 0.3 is 12.1 Å². The molecule has 37 heavy (non-hydrogen) atoms. The monoisotopic (exact) mass is 503 g/mol. The van der Waals surface area contributed by atoms with Crippen LogP contribution in [0.25, 0.3) is 28.3 Å². The number of nitrogens with one attached hydrogen (secondary N) is 1. The van der Waals surface area contributed by atoms with Gasteiger partial charge in [0.15, 0.2) is 5.65 Å². The van der Waals surface area contributed by atoms with Crippen LogP contribution in [0.3, 0.4) is 0 Å². The highest BCUT2D eigenvalue weighted by Gasteiger charge is 2.31. The Morgan fingerprint density at radius 2 is 1.78 bits per heavy atom. The topological polar surface area (TPSA) is 92.4 Å². The molecular formula is C27H20F3N5O2. The second-order valence-corrected chi connectivity index (χ2v) is 8.35. The van der Waals surface area contributed by atoms with Gasteiger partial charge in [-0.2, -0.15) is 13.2 Å². The first-order valence-corrected chi connectivity index (χ1v) is 11.3. The van der Waals surface area contributed by atoms with Crippen molar-refractivity contribution in [1.82, 2.24) is 19.4 Å². The molecule has 186 valence electrons. The van der Waals surface area contributed by atoms with E-state index in [1.807, 2.05) is 37.3 Å². The summed E-state index contributed by atoms with van der Waals surface area (Å²) in [5, 5.41) is 12.9. The van der Waals surface area contributed by atoms with E-state index in [4.69, 9.17) is 0 Å². The van der Waals surface area contributed by atoms with Gasteiger partial charge in [-0.25, -0.2) is 19.7 Å². The van der Waals surface area contributed by atoms with Crippen LogP contribution in [0.4, 0.5) is 19.1 Å². The van der Waals surface area contributed by atoms with Crippen LogP contribution in [-0.4, -0.2) is 30.4 Å². The Morgan fingerprint density at radius 3 is 2.51 bits per heavy atom. The fraction of sp³-hybridized carbons (Fsp3) is 0.111. The van der Waals surface area contributed by atoms with E-state index in [-0.39, 0.29) is 28.5 Å². The molecule has 0 aliphatic rings. The maximum atomic E-state index is 13.5. The van der Waals surface area contributed by atoms with Crippen LogP contribution in [0.1, 0.15) is 34.5 Å². The van der Waals surface area contributed by atoms with E-state index in [1.165, 1.54) is 34.9 Å². The number of carboxylic acid groups (broad SMARTS) is 1. The number of aromatic carboxylic acids is 1. The highest BCUT2D eigenvalue weighted by Crippen LogP contribution is 2.36. The first-order valence-electron chi connectivity index (χ1n) is 11.3. The number of carboxylic acids is 1. The zero-order valence-electron chi connectivity index (χ0n) is 19.4. The molecule has 0 fully saturated rings. The fourth-order valence-electron chi connectivity index (χ4n) is 4.10. The number of rotatable bonds is 6. The van der Waals surface area contributed by atoms with E-state index >= 15 is 0 Å². The summed E-state index contributed by atoms with van der Waals surface area (Å²) < 4.78 is 41.9. The maximum Gasteiger partial charge on any atom is 0.416 e. The molecule has 0 radical (unpaired) electrons. The first-order chi connectivity index (χ1) is 17.7. The molecule has 0 amide bonds. The van der Waals surface area contributed by atoms with Gasteiger partial charge in [-0.05, 0) is 42.8 Å². The normalized spacial score (nSPS) is 12.4. The number of imidazole rings is 1. The first kappa shape index (κ1) is 24.0. The molecule has 0 unspecified atom stereocenters. The number of aromatic nitrogens is 4. The summed E-state index contributed by atoms with van der Waals surface area (Å²) in [6.07, 6.45) is -1.43. The SMILES string of the molecule is C[C@H](Nc1nccc(-c2c(-c3cccc(C(F)(F)F)c3)nc3c(C(=O)O)cccn23)n1)c1ccccc1. The van der Waals surface area contributed by atoms with Gasteiger partial charge in [-0.3, -0.25) is 4.40 Å². The summed E-state index contributed by atoms with van der Waals surface area (Å²) in [6.45, 7) is 1.95. The molecule has 0 aliphatic heterocycles. The van der Waals surface area contributed by atoms with E-state index in [0.717, 1.165) is 17.7 Å². The molecule has 2 N–H and O–H groups in total. The van der Waals surface area contributed by atoms with Gasteiger partial charge in [-0.15, -0.1) is 0 Å². The lowest BCUT2D eigenvalue weighted by molar-refractivity contribution is -0.137. The van der Waals surface area contributed by atoms with Crippen LogP contribution < -0.4 is 5.32 Å². The van der Waals surface area contributed by atoms with Gasteiger partial charge in [0.05, 0.1) is 28.7 Å². The zero-order chi connectivity index (χ0) is 26.2. The summed E-state index contributed by atoms with van der Waals surface area (Å²) in [5.41, 5.74) is 1.22. The van der Waals surface area contributed by atoms with E-state index < -0.39 is 17.7 Å². The summed E-state index contributed by atoms with van der Waals surface area (Å²) in [5.74, 6) is -0.910. The third-order valence-corrected chi connectivity index (χ3v) is 5.89. The van der Waals surface area contributed by atoms with E-state index in [0.29, 0.717) is 17.3 Å². The average molecular weight is 503 g/mol. The van der Waals surface area contributed by atoms with Crippen molar-refractivity contribution in [1.29, 1.82) is 0 Å². The molecule has 3 heterocycles. The van der Waals surface area contributed by atoms with Crippen LogP contribution in [0.2, 0.25) is 0 Å². The summed E-state index contributed by atoms with van der Waals surface area (Å²) in [4.78, 5) is 25.2. The number of alkyl halides is 3. The minimum Gasteiger partial charge on any atom is -0.478 e. The number of hydrogen-bond acceptors (Lipinski definition) is 5. The van der Waals surface area contributed by atoms with Gasteiger partial charge in [0.1, 0.15) is 5.56 Å². The number of carbonyl (C=O) groups is 1. The van der Waals surface area contributed by atoms with Crippen molar-refractivity contribution in [3.8, 4) is 22.6 Å². The molecule has 5 rings (SSSR count). The van der Waals surface area contributed by atoms with Crippen molar-refractivity contribution in [3.63, 3.8) is 0 Å². The van der Waals surface area contributed by atoms with Crippen molar-refractivity contribution >= 4 is 17.6 Å². The largest absolute Gasteiger partial charge is 0.478 e. The van der Waals surface area contributed by atoms with Gasteiger partial charge < -0.3 is 10.4 Å². The Balaban J connectivity index is 1.67. The molecule has 3 aromatic heterocycles. The minimum absolute atomic E-state index is 0.0863. The number of anilines is 1. The summed E-state index contributed by atoms with van der Waals surface area (Å²) >= 11 is 0. The lowest BCUT2D eigenvalue weighted by atomic mass is 10.0. The minimum atomic E-state index is -4.55. The Bertz CT molecular complexity index is 1600. The Labute approximate surface area is 209 Å². The van der Waals surface area contributed by atoms with E-state index in [1.54, 1.807) is 12.3 Å². The predicted octanol–water partition coefficient (Wildman–Crippen LogP) is 6.35. The molecule has 0 saturated heterocycles. The van der Waals surface area contributed by atoms with Crippen LogP contribution in [0.15, 0.2) is 85.2 Å². The van der Waals surface area contributed by atoms with E-state index in [2.05, 4.69) is 20.3 Å². The van der Waals surface area contributed by atoms with Crippen molar-refractivity contribution in [2.45, 2.75) is 19.1 Å². The number of hydrogen-bond donors (Lipinski definition) is 2. The highest BCUT2D eigenvalue weighted by molar-refractivity contribution is 5.96. The van der Waals surface area contributed by atoms with Crippen LogP contribution in [-0.2, 0) is 6.18 Å². The summed E-state index contributed by atoms with van der Waals surface area (Å²) in [6, 6.07) is 18.8. The standard InChI is InChI=1S/C27H20F3N5O2/c1-16(17-7-3-2-4-8-17)32-26-31-13-12-21(33-26)23-22(18-9-5-10-19(15-18)27(28,29)30)34-24-20(25(36)37)11-6-14-35(23)24/h2-16H,1H3,(H,36,37)(H,31,32,33)/t16-/m0/s1. The quantitative estimate of drug-likeness (QED) is 0.281. The second kappa shape index (κ2) is 9.38. The van der Waals surface area contributed by atoms with Crippen molar-refractivity contribution in [2.75, 3.05) is 5.32 Å². The maximum absolute atomic E-state index is 13.5. The van der Waals surface area contributed by atoms with Gasteiger partial charge in [0.25, 0.3) is 0 Å². The number of halogens is 3. The van der Waals surface area contributed by atoms with E-state index in [9.17, 15) is 23.1 Å². The van der Waals surface area contributed by atoms with Crippen LogP contribution >= 0.6 is 0 Å². The molecule has 2 aromatic carbocycles. The molecule has 5 aromatic rings. The Hall–Kier alpha value is -4.73. The highest BCUT2D eigenvalue weighted by atomic mass is 19.4. The second-order valence-electron chi connectivity index (χ2n) is 8.35. The molecule has 1 atom stereocenters. The molecular weight excluding hydrogens is 483 g/mol. The van der Waals surface area contributed by atoms with Gasteiger partial charge in [-0.1, -0.05) is 42.5 Å². The molecule has 0 aliphatic carbocycles. The van der Waals surface area contributed by atoms with Crippen molar-refractivity contribution in [2.24, 2.45) is 0 Å². The smallest absolute Gasteiger partial charge is 0.416 e. The zero-order valence-corrected chi connectivity index (χ0v) is 19.4. The summed E-state index contributed by atoms with van der Waals surface area (Å²) in [7, 11) is 0. The lowest BCUT2D eigenvalue weighted by Crippen LogP contribution is -2.09. The van der Waals surface area contributed by atoms with Crippen LogP contribution in [0, 0.1) is 0 Å². The number of fused-ring (bicyclic) bond motifs is 1. The third-order valence-electron chi connectivity index (χ3n) is 5.89. The fourth-order valence-corrected chi connectivity index (χ4v) is 4.10. The van der Waals surface area contributed by atoms with Gasteiger partial charge in [0, 0.05) is 18.0 Å². The van der Waals surface area contributed by atoms with Gasteiger partial charge in [0.2, 0.25) is 5.95 Å². The number of pyridine rings is 1. The third kappa shape index (κ3) is 4.73. The Morgan fingerprint density at radius 1 is 1.00 bits per heavy atom. The molecule has 0 saturated carbocycles. The van der Waals surface area contributed by atoms with Crippen molar-refractivity contribution in [3.05, 3.63) is 102 Å².